The van der Waals surface area contributed by atoms with E-state index in [0.717, 1.165) is 36.8 Å². The molecule has 2 aromatic rings. The van der Waals surface area contributed by atoms with Gasteiger partial charge in [-0.05, 0) is 37.0 Å². The zero-order valence-corrected chi connectivity index (χ0v) is 18.1. The van der Waals surface area contributed by atoms with E-state index in [4.69, 9.17) is 0 Å². The van der Waals surface area contributed by atoms with Crippen molar-refractivity contribution < 1.29 is 13.2 Å². The zero-order valence-electron chi connectivity index (χ0n) is 17.2. The van der Waals surface area contributed by atoms with Gasteiger partial charge in [-0.25, -0.2) is 8.42 Å². The largest absolute Gasteiger partial charge is 0.341 e. The maximum absolute atomic E-state index is 12.8. The fourth-order valence-corrected chi connectivity index (χ4v) is 5.13. The fourth-order valence-electron chi connectivity index (χ4n) is 3.62. The predicted molar refractivity (Wildman–Crippen MR) is 112 cm³/mol. The van der Waals surface area contributed by atoms with Gasteiger partial charge < -0.3 is 4.90 Å². The third kappa shape index (κ3) is 5.67. The van der Waals surface area contributed by atoms with E-state index < -0.39 is 10.0 Å². The van der Waals surface area contributed by atoms with Gasteiger partial charge in [-0.3, -0.25) is 9.48 Å². The number of carbonyl (C=O) groups is 1. The van der Waals surface area contributed by atoms with Crippen LogP contribution in [0.3, 0.4) is 0 Å². The fraction of sp³-hybridized carbons (Fsp3) is 0.524. The lowest BCUT2D eigenvalue weighted by atomic mass is 10.1. The number of hydrogen-bond acceptors (Lipinski definition) is 4. The molecular weight excluding hydrogens is 388 g/mol. The lowest BCUT2D eigenvalue weighted by molar-refractivity contribution is -0.130. The maximum Gasteiger partial charge on any atom is 0.243 e. The molecule has 1 amide bonds. The Labute approximate surface area is 173 Å². The van der Waals surface area contributed by atoms with Crippen LogP contribution in [0.25, 0.3) is 0 Å². The van der Waals surface area contributed by atoms with Crippen molar-refractivity contribution in [1.82, 2.24) is 19.0 Å². The van der Waals surface area contributed by atoms with Gasteiger partial charge in [0.25, 0.3) is 0 Å². The first-order valence-electron chi connectivity index (χ1n) is 10.2. The van der Waals surface area contributed by atoms with Gasteiger partial charge in [0.1, 0.15) is 0 Å². The first-order chi connectivity index (χ1) is 13.9. The van der Waals surface area contributed by atoms with Crippen LogP contribution in [0, 0.1) is 0 Å². The van der Waals surface area contributed by atoms with Crippen molar-refractivity contribution in [3.05, 3.63) is 47.8 Å². The highest BCUT2D eigenvalue weighted by atomic mass is 32.2. The number of amides is 1. The van der Waals surface area contributed by atoms with Crippen molar-refractivity contribution in [2.75, 3.05) is 20.1 Å². The Hall–Kier alpha value is -2.19. The smallest absolute Gasteiger partial charge is 0.243 e. The van der Waals surface area contributed by atoms with Crippen LogP contribution in [-0.4, -0.2) is 53.4 Å². The van der Waals surface area contributed by atoms with Gasteiger partial charge in [-0.2, -0.15) is 9.40 Å². The molecule has 0 unspecified atom stereocenters. The third-order valence-electron chi connectivity index (χ3n) is 5.36. The van der Waals surface area contributed by atoms with Crippen LogP contribution in [0.4, 0.5) is 0 Å². The molecule has 1 aromatic carbocycles. The molecule has 1 aromatic heterocycles. The summed E-state index contributed by atoms with van der Waals surface area (Å²) in [5.41, 5.74) is 1.95. The second-order valence-corrected chi connectivity index (χ2v) is 9.67. The number of nitrogens with zero attached hydrogens (tertiary/aromatic N) is 4. The molecule has 0 spiro atoms. The van der Waals surface area contributed by atoms with E-state index >= 15 is 0 Å². The van der Waals surface area contributed by atoms with Gasteiger partial charge in [-0.15, -0.1) is 0 Å². The van der Waals surface area contributed by atoms with Crippen molar-refractivity contribution in [1.29, 1.82) is 0 Å². The van der Waals surface area contributed by atoms with Gasteiger partial charge in [0.15, 0.2) is 0 Å². The van der Waals surface area contributed by atoms with Crippen LogP contribution >= 0.6 is 0 Å². The van der Waals surface area contributed by atoms with Crippen molar-refractivity contribution in [2.45, 2.75) is 50.0 Å². The van der Waals surface area contributed by atoms with Crippen LogP contribution in [0.5, 0.6) is 0 Å². The Morgan fingerprint density at radius 2 is 1.72 bits per heavy atom. The van der Waals surface area contributed by atoms with E-state index in [-0.39, 0.29) is 5.91 Å². The summed E-state index contributed by atoms with van der Waals surface area (Å²) < 4.78 is 29.0. The van der Waals surface area contributed by atoms with E-state index in [1.807, 2.05) is 25.4 Å². The summed E-state index contributed by atoms with van der Waals surface area (Å²) in [5.74, 6) is 0.0510. The monoisotopic (exact) mass is 418 g/mol. The van der Waals surface area contributed by atoms with Crippen LogP contribution in [0.1, 0.15) is 43.2 Å². The van der Waals surface area contributed by atoms with E-state index in [1.165, 1.54) is 0 Å². The summed E-state index contributed by atoms with van der Waals surface area (Å²) in [7, 11) is 0.204. The number of benzene rings is 1. The summed E-state index contributed by atoms with van der Waals surface area (Å²) >= 11 is 0. The Morgan fingerprint density at radius 3 is 2.31 bits per heavy atom. The Kier molecular flexibility index (Phi) is 7.08. The lowest BCUT2D eigenvalue weighted by Gasteiger charge is -2.20. The molecule has 158 valence electrons. The predicted octanol–water partition coefficient (Wildman–Crippen LogP) is 2.58. The van der Waals surface area contributed by atoms with E-state index in [2.05, 4.69) is 5.10 Å². The first-order valence-corrected chi connectivity index (χ1v) is 11.6. The number of sulfonamides is 1. The van der Waals surface area contributed by atoms with E-state index in [9.17, 15) is 13.2 Å². The van der Waals surface area contributed by atoms with Crippen LogP contribution in [0.2, 0.25) is 0 Å². The molecule has 29 heavy (non-hydrogen) atoms. The summed E-state index contributed by atoms with van der Waals surface area (Å²) in [6.45, 7) is 1.73. The van der Waals surface area contributed by atoms with Gasteiger partial charge in [0.2, 0.25) is 15.9 Å². The minimum atomic E-state index is -3.43. The summed E-state index contributed by atoms with van der Waals surface area (Å²) in [4.78, 5) is 14.4. The molecule has 0 saturated carbocycles. The molecular formula is C21H30N4O3S. The maximum atomic E-state index is 12.8. The van der Waals surface area contributed by atoms with Gasteiger partial charge in [-0.1, -0.05) is 25.0 Å². The van der Waals surface area contributed by atoms with Crippen LogP contribution < -0.4 is 0 Å². The molecule has 0 aliphatic carbocycles. The highest BCUT2D eigenvalue weighted by Gasteiger charge is 2.24. The number of aryl methyl sites for hydroxylation is 2. The first kappa shape index (κ1) is 21.5. The highest BCUT2D eigenvalue weighted by Crippen LogP contribution is 2.21. The molecule has 0 bridgehead atoms. The number of carbonyl (C=O) groups excluding carboxylic acids is 1. The van der Waals surface area contributed by atoms with Gasteiger partial charge >= 0.3 is 0 Å². The minimum Gasteiger partial charge on any atom is -0.341 e. The summed E-state index contributed by atoms with van der Waals surface area (Å²) in [6, 6.07) is 6.97. The van der Waals surface area contributed by atoms with Crippen molar-refractivity contribution >= 4 is 15.9 Å². The average molecular weight is 419 g/mol. The Bertz CT molecular complexity index is 914. The molecule has 0 N–H and O–H groups in total. The molecule has 8 heteroatoms. The number of aromatic nitrogens is 2. The van der Waals surface area contributed by atoms with Crippen molar-refractivity contribution in [3.8, 4) is 0 Å². The molecule has 3 rings (SSSR count). The van der Waals surface area contributed by atoms with Gasteiger partial charge in [0.05, 0.1) is 11.1 Å². The molecule has 1 fully saturated rings. The van der Waals surface area contributed by atoms with Crippen LogP contribution in [0.15, 0.2) is 41.6 Å². The summed E-state index contributed by atoms with van der Waals surface area (Å²) in [5, 5.41) is 4.12. The van der Waals surface area contributed by atoms with Crippen molar-refractivity contribution in [2.24, 2.45) is 7.05 Å². The molecule has 7 nitrogen and oxygen atoms in total. The van der Waals surface area contributed by atoms with Crippen LogP contribution in [-0.2, 0) is 34.8 Å². The molecule has 0 atom stereocenters. The topological polar surface area (TPSA) is 75.5 Å². The highest BCUT2D eigenvalue weighted by molar-refractivity contribution is 7.89. The lowest BCUT2D eigenvalue weighted by Crippen LogP contribution is -2.31. The van der Waals surface area contributed by atoms with E-state index in [0.29, 0.717) is 37.4 Å². The second-order valence-electron chi connectivity index (χ2n) is 7.73. The Morgan fingerprint density at radius 1 is 1.07 bits per heavy atom. The molecule has 1 saturated heterocycles. The van der Waals surface area contributed by atoms with Gasteiger partial charge in [0, 0.05) is 51.9 Å². The summed E-state index contributed by atoms with van der Waals surface area (Å²) in [6.07, 6.45) is 8.65. The molecule has 0 radical (unpaired) electrons. The molecule has 1 aliphatic heterocycles. The molecule has 1 aliphatic rings. The standard InChI is InChI=1S/C21H30N4O3S/c1-23(16-19-15-22-24(2)17-19)21(26)12-9-18-7-10-20(11-8-18)29(27,28)25-13-5-3-4-6-14-25/h7-8,10-11,15,17H,3-6,9,12-14,16H2,1-2H3. The minimum absolute atomic E-state index is 0.0510. The third-order valence-corrected chi connectivity index (χ3v) is 7.27. The molecule has 2 heterocycles. The normalized spacial score (nSPS) is 15.8. The number of rotatable bonds is 7. The van der Waals surface area contributed by atoms with E-state index in [1.54, 1.807) is 39.3 Å². The second kappa shape index (κ2) is 9.54. The number of hydrogen-bond donors (Lipinski definition) is 0. The average Bonchev–Trinajstić information content (AvgIpc) is 2.94. The quantitative estimate of drug-likeness (QED) is 0.693. The SMILES string of the molecule is CN(Cc1cnn(C)c1)C(=O)CCc1ccc(S(=O)(=O)N2CCCCCC2)cc1. The zero-order chi connectivity index (χ0) is 20.9. The Balaban J connectivity index is 1.55. The van der Waals surface area contributed by atoms with Crippen molar-refractivity contribution in [3.63, 3.8) is 0 Å².